The summed E-state index contributed by atoms with van der Waals surface area (Å²) in [6.07, 6.45) is 0. The highest BCUT2D eigenvalue weighted by Crippen LogP contribution is 2.22. The molecule has 27 heavy (non-hydrogen) atoms. The van der Waals surface area contributed by atoms with Gasteiger partial charge in [-0.2, -0.15) is 0 Å². The summed E-state index contributed by atoms with van der Waals surface area (Å²) < 4.78 is 10.4. The fourth-order valence-electron chi connectivity index (χ4n) is 2.65. The van der Waals surface area contributed by atoms with Gasteiger partial charge in [0.2, 0.25) is 0 Å². The molecule has 2 aromatic rings. The van der Waals surface area contributed by atoms with E-state index in [2.05, 4.69) is 26.1 Å². The first kappa shape index (κ1) is 20.4. The number of hydrogen-bond donors (Lipinski definition) is 1. The zero-order chi connectivity index (χ0) is 20.4. The summed E-state index contributed by atoms with van der Waals surface area (Å²) in [7, 11) is 0. The van der Waals surface area contributed by atoms with E-state index in [9.17, 15) is 14.4 Å². The minimum Gasteiger partial charge on any atom is -0.465 e. The third kappa shape index (κ3) is 4.84. The van der Waals surface area contributed by atoms with Crippen LogP contribution >= 0.6 is 0 Å². The second-order valence-electron chi connectivity index (χ2n) is 7.50. The standard InChI is InChI=1S/C21H25NO5/c1-12-13(2)27-14(3)18(12)20(25)26-11-17(23)22-19(24)15-7-9-16(10-8-15)21(4,5)6/h7-10H,11H2,1-6H3,(H,22,23,24). The van der Waals surface area contributed by atoms with Gasteiger partial charge in [0.05, 0.1) is 0 Å². The lowest BCUT2D eigenvalue weighted by molar-refractivity contribution is -0.123. The number of rotatable bonds is 4. The molecule has 6 heteroatoms. The Morgan fingerprint density at radius 1 is 1.00 bits per heavy atom. The van der Waals surface area contributed by atoms with Crippen LogP contribution in [-0.4, -0.2) is 24.4 Å². The fraction of sp³-hybridized carbons (Fsp3) is 0.381. The minimum absolute atomic E-state index is 0.0271. The Hall–Kier alpha value is -2.89. The van der Waals surface area contributed by atoms with Gasteiger partial charge in [-0.15, -0.1) is 0 Å². The molecule has 0 aliphatic rings. The number of aryl methyl sites for hydroxylation is 2. The smallest absolute Gasteiger partial charge is 0.342 e. The molecule has 1 aromatic carbocycles. The van der Waals surface area contributed by atoms with Crippen LogP contribution in [0.3, 0.4) is 0 Å². The van der Waals surface area contributed by atoms with Crippen molar-refractivity contribution in [1.29, 1.82) is 0 Å². The van der Waals surface area contributed by atoms with Gasteiger partial charge in [0.15, 0.2) is 6.61 Å². The topological polar surface area (TPSA) is 85.6 Å². The largest absolute Gasteiger partial charge is 0.465 e. The number of nitrogens with one attached hydrogen (secondary N) is 1. The molecule has 6 nitrogen and oxygen atoms in total. The second-order valence-corrected chi connectivity index (χ2v) is 7.50. The molecule has 0 unspecified atom stereocenters. The van der Waals surface area contributed by atoms with Gasteiger partial charge in [-0.3, -0.25) is 14.9 Å². The number of hydrogen-bond acceptors (Lipinski definition) is 5. The van der Waals surface area contributed by atoms with Gasteiger partial charge in [0, 0.05) is 11.1 Å². The Morgan fingerprint density at radius 2 is 1.59 bits per heavy atom. The van der Waals surface area contributed by atoms with Gasteiger partial charge in [0.1, 0.15) is 17.1 Å². The molecular formula is C21H25NO5. The first-order valence-electron chi connectivity index (χ1n) is 8.69. The zero-order valence-electron chi connectivity index (χ0n) is 16.6. The Bertz CT molecular complexity index is 869. The van der Waals surface area contributed by atoms with Gasteiger partial charge in [0.25, 0.3) is 11.8 Å². The highest BCUT2D eigenvalue weighted by Gasteiger charge is 2.21. The van der Waals surface area contributed by atoms with Crippen LogP contribution in [0.2, 0.25) is 0 Å². The molecular weight excluding hydrogens is 346 g/mol. The molecule has 0 fully saturated rings. The van der Waals surface area contributed by atoms with Crippen LogP contribution in [-0.2, 0) is 14.9 Å². The minimum atomic E-state index is -0.691. The average Bonchev–Trinajstić information content (AvgIpc) is 2.84. The van der Waals surface area contributed by atoms with Crippen LogP contribution in [0.4, 0.5) is 0 Å². The molecule has 0 atom stereocenters. The molecule has 1 N–H and O–H groups in total. The van der Waals surface area contributed by atoms with Crippen LogP contribution in [0.5, 0.6) is 0 Å². The summed E-state index contributed by atoms with van der Waals surface area (Å²) >= 11 is 0. The lowest BCUT2D eigenvalue weighted by Gasteiger charge is -2.18. The molecule has 0 radical (unpaired) electrons. The summed E-state index contributed by atoms with van der Waals surface area (Å²) in [4.78, 5) is 36.2. The van der Waals surface area contributed by atoms with E-state index in [1.54, 1.807) is 32.9 Å². The van der Waals surface area contributed by atoms with Crippen LogP contribution in [0.25, 0.3) is 0 Å². The lowest BCUT2D eigenvalue weighted by atomic mass is 9.87. The Labute approximate surface area is 158 Å². The van der Waals surface area contributed by atoms with Gasteiger partial charge < -0.3 is 9.15 Å². The van der Waals surface area contributed by atoms with Crippen molar-refractivity contribution in [3.8, 4) is 0 Å². The van der Waals surface area contributed by atoms with E-state index in [0.29, 0.717) is 28.2 Å². The van der Waals surface area contributed by atoms with Crippen molar-refractivity contribution in [2.24, 2.45) is 0 Å². The summed E-state index contributed by atoms with van der Waals surface area (Å²) in [6.45, 7) is 10.8. The highest BCUT2D eigenvalue weighted by atomic mass is 16.5. The van der Waals surface area contributed by atoms with Crippen LogP contribution in [0, 0.1) is 20.8 Å². The summed E-state index contributed by atoms with van der Waals surface area (Å²) in [6, 6.07) is 7.03. The second kappa shape index (κ2) is 7.78. The maximum atomic E-state index is 12.2. The number of ether oxygens (including phenoxy) is 1. The van der Waals surface area contributed by atoms with Crippen molar-refractivity contribution in [1.82, 2.24) is 5.32 Å². The number of esters is 1. The average molecular weight is 371 g/mol. The lowest BCUT2D eigenvalue weighted by Crippen LogP contribution is -2.34. The number of carbonyl (C=O) groups excluding carboxylic acids is 3. The van der Waals surface area contributed by atoms with E-state index in [0.717, 1.165) is 5.56 Å². The third-order valence-corrected chi connectivity index (χ3v) is 4.37. The summed E-state index contributed by atoms with van der Waals surface area (Å²) in [5, 5.41) is 2.22. The van der Waals surface area contributed by atoms with Crippen molar-refractivity contribution in [2.45, 2.75) is 47.0 Å². The molecule has 0 aliphatic carbocycles. The van der Waals surface area contributed by atoms with Crippen LogP contribution in [0.15, 0.2) is 28.7 Å². The summed E-state index contributed by atoms with van der Waals surface area (Å²) in [5.74, 6) is -0.825. The van der Waals surface area contributed by atoms with Crippen molar-refractivity contribution in [2.75, 3.05) is 6.61 Å². The molecule has 0 spiro atoms. The number of furan rings is 1. The molecule has 0 bridgehead atoms. The quantitative estimate of drug-likeness (QED) is 0.830. The maximum Gasteiger partial charge on any atom is 0.342 e. The number of benzene rings is 1. The van der Waals surface area contributed by atoms with Crippen molar-refractivity contribution >= 4 is 17.8 Å². The first-order chi connectivity index (χ1) is 12.5. The predicted molar refractivity (Wildman–Crippen MR) is 101 cm³/mol. The SMILES string of the molecule is Cc1oc(C)c(C(=O)OCC(=O)NC(=O)c2ccc(C(C)(C)C)cc2)c1C. The van der Waals surface area contributed by atoms with Gasteiger partial charge >= 0.3 is 5.97 Å². The Balaban J connectivity index is 1.93. The zero-order valence-corrected chi connectivity index (χ0v) is 16.6. The molecule has 1 aromatic heterocycles. The van der Waals surface area contributed by atoms with E-state index in [4.69, 9.17) is 9.15 Å². The van der Waals surface area contributed by atoms with E-state index >= 15 is 0 Å². The first-order valence-corrected chi connectivity index (χ1v) is 8.69. The third-order valence-electron chi connectivity index (χ3n) is 4.37. The molecule has 0 saturated heterocycles. The van der Waals surface area contributed by atoms with E-state index < -0.39 is 24.4 Å². The monoisotopic (exact) mass is 371 g/mol. The Morgan fingerprint density at radius 3 is 2.07 bits per heavy atom. The van der Waals surface area contributed by atoms with Crippen LogP contribution < -0.4 is 5.32 Å². The predicted octanol–water partition coefficient (Wildman–Crippen LogP) is 3.62. The van der Waals surface area contributed by atoms with E-state index in [1.165, 1.54) is 0 Å². The molecule has 0 saturated carbocycles. The number of carbonyl (C=O) groups is 3. The number of amides is 2. The van der Waals surface area contributed by atoms with Gasteiger partial charge in [-0.25, -0.2) is 4.79 Å². The maximum absolute atomic E-state index is 12.2. The summed E-state index contributed by atoms with van der Waals surface area (Å²) in [5.41, 5.74) is 2.40. The van der Waals surface area contributed by atoms with E-state index in [-0.39, 0.29) is 5.41 Å². The van der Waals surface area contributed by atoms with Crippen molar-refractivity contribution in [3.05, 3.63) is 58.0 Å². The van der Waals surface area contributed by atoms with E-state index in [1.807, 2.05) is 12.1 Å². The van der Waals surface area contributed by atoms with Crippen molar-refractivity contribution < 1.29 is 23.5 Å². The fourth-order valence-corrected chi connectivity index (χ4v) is 2.65. The van der Waals surface area contributed by atoms with Gasteiger partial charge in [-0.05, 0) is 43.9 Å². The molecule has 144 valence electrons. The molecule has 2 amide bonds. The molecule has 1 heterocycles. The Kier molecular flexibility index (Phi) is 5.88. The van der Waals surface area contributed by atoms with Crippen molar-refractivity contribution in [3.63, 3.8) is 0 Å². The molecule has 0 aliphatic heterocycles. The van der Waals surface area contributed by atoms with Gasteiger partial charge in [-0.1, -0.05) is 32.9 Å². The molecule has 2 rings (SSSR count). The van der Waals surface area contributed by atoms with Crippen LogP contribution in [0.1, 0.15) is 64.1 Å². The normalized spacial score (nSPS) is 11.2. The number of imide groups is 1. The highest BCUT2D eigenvalue weighted by molar-refractivity contribution is 6.05.